The molecule has 0 saturated carbocycles. The standard InChI is InChI=1S/C9H12FN3/c1-7-4-9(11-5-8(7)10)12-6-13(2)3/h4-6H,1-3H3. The predicted molar refractivity (Wildman–Crippen MR) is 50.8 cm³/mol. The van der Waals surface area contributed by atoms with Crippen LogP contribution in [-0.4, -0.2) is 30.3 Å². The highest BCUT2D eigenvalue weighted by atomic mass is 19.1. The predicted octanol–water partition coefficient (Wildman–Crippen LogP) is 1.75. The fourth-order valence-electron chi connectivity index (χ4n) is 0.770. The van der Waals surface area contributed by atoms with E-state index in [0.717, 1.165) is 0 Å². The second-order valence-electron chi connectivity index (χ2n) is 3.00. The first-order valence-electron chi connectivity index (χ1n) is 3.92. The Morgan fingerprint density at radius 3 is 2.77 bits per heavy atom. The summed E-state index contributed by atoms with van der Waals surface area (Å²) in [6.07, 6.45) is 2.80. The van der Waals surface area contributed by atoms with Gasteiger partial charge in [-0.1, -0.05) is 0 Å². The third kappa shape index (κ3) is 2.82. The second kappa shape index (κ2) is 3.98. The van der Waals surface area contributed by atoms with E-state index in [1.54, 1.807) is 24.2 Å². The van der Waals surface area contributed by atoms with Gasteiger partial charge in [-0.3, -0.25) is 0 Å². The molecule has 0 unspecified atom stereocenters. The van der Waals surface area contributed by atoms with Crippen LogP contribution in [0.3, 0.4) is 0 Å². The van der Waals surface area contributed by atoms with Crippen molar-refractivity contribution >= 4 is 12.2 Å². The zero-order chi connectivity index (χ0) is 9.84. The molecule has 0 aromatic carbocycles. The summed E-state index contributed by atoms with van der Waals surface area (Å²) in [5, 5.41) is 0. The molecule has 1 heterocycles. The lowest BCUT2D eigenvalue weighted by Gasteiger charge is -2.02. The third-order valence-electron chi connectivity index (χ3n) is 1.45. The Balaban J connectivity index is 2.85. The molecule has 0 atom stereocenters. The molecule has 0 aliphatic rings. The number of aliphatic imine (C=N–C) groups is 1. The van der Waals surface area contributed by atoms with E-state index < -0.39 is 0 Å². The number of aromatic nitrogens is 1. The molecule has 0 spiro atoms. The molecule has 0 fully saturated rings. The Kier molecular flexibility index (Phi) is 2.95. The SMILES string of the molecule is Cc1cc(N=CN(C)C)ncc1F. The summed E-state index contributed by atoms with van der Waals surface area (Å²) in [6, 6.07) is 1.61. The molecule has 0 aliphatic carbocycles. The van der Waals surface area contributed by atoms with Crippen molar-refractivity contribution in [2.75, 3.05) is 14.1 Å². The van der Waals surface area contributed by atoms with Crippen LogP contribution in [0.1, 0.15) is 5.56 Å². The summed E-state index contributed by atoms with van der Waals surface area (Å²) in [5.41, 5.74) is 0.556. The minimum atomic E-state index is -0.302. The summed E-state index contributed by atoms with van der Waals surface area (Å²) in [4.78, 5) is 9.63. The van der Waals surface area contributed by atoms with Crippen LogP contribution in [0.15, 0.2) is 17.3 Å². The van der Waals surface area contributed by atoms with E-state index in [2.05, 4.69) is 9.98 Å². The smallest absolute Gasteiger partial charge is 0.153 e. The van der Waals surface area contributed by atoms with E-state index in [1.165, 1.54) is 6.20 Å². The lowest BCUT2D eigenvalue weighted by atomic mass is 10.3. The van der Waals surface area contributed by atoms with Gasteiger partial charge in [-0.2, -0.15) is 0 Å². The molecule has 1 aromatic rings. The Bertz CT molecular complexity index is 321. The van der Waals surface area contributed by atoms with Crippen LogP contribution >= 0.6 is 0 Å². The highest BCUT2D eigenvalue weighted by Crippen LogP contribution is 2.11. The van der Waals surface area contributed by atoms with Crippen LogP contribution < -0.4 is 0 Å². The Hall–Kier alpha value is -1.45. The van der Waals surface area contributed by atoms with E-state index in [0.29, 0.717) is 11.4 Å². The van der Waals surface area contributed by atoms with Crippen LogP contribution in [0.25, 0.3) is 0 Å². The average Bonchev–Trinajstić information content (AvgIpc) is 2.07. The van der Waals surface area contributed by atoms with Gasteiger partial charge in [0, 0.05) is 14.1 Å². The first-order chi connectivity index (χ1) is 6.09. The van der Waals surface area contributed by atoms with Crippen molar-refractivity contribution in [1.82, 2.24) is 9.88 Å². The van der Waals surface area contributed by atoms with Crippen molar-refractivity contribution in [3.63, 3.8) is 0 Å². The van der Waals surface area contributed by atoms with Crippen molar-refractivity contribution in [2.45, 2.75) is 6.92 Å². The molecule has 13 heavy (non-hydrogen) atoms. The summed E-state index contributed by atoms with van der Waals surface area (Å²) >= 11 is 0. The van der Waals surface area contributed by atoms with Crippen molar-refractivity contribution in [3.8, 4) is 0 Å². The van der Waals surface area contributed by atoms with E-state index in [9.17, 15) is 4.39 Å². The summed E-state index contributed by atoms with van der Waals surface area (Å²) < 4.78 is 12.8. The van der Waals surface area contributed by atoms with Crippen molar-refractivity contribution in [1.29, 1.82) is 0 Å². The number of rotatable bonds is 2. The number of hydrogen-bond acceptors (Lipinski definition) is 2. The van der Waals surface area contributed by atoms with E-state index in [1.807, 2.05) is 14.1 Å². The number of halogens is 1. The average molecular weight is 181 g/mol. The molecule has 70 valence electrons. The molecule has 4 heteroatoms. The van der Waals surface area contributed by atoms with Gasteiger partial charge >= 0.3 is 0 Å². The third-order valence-corrected chi connectivity index (χ3v) is 1.45. The fraction of sp³-hybridized carbons (Fsp3) is 0.333. The summed E-state index contributed by atoms with van der Waals surface area (Å²) in [7, 11) is 3.72. The van der Waals surface area contributed by atoms with Gasteiger partial charge in [-0.05, 0) is 18.6 Å². The molecule has 1 rings (SSSR count). The molecule has 0 bridgehead atoms. The van der Waals surface area contributed by atoms with Gasteiger partial charge < -0.3 is 4.90 Å². The molecule has 0 saturated heterocycles. The Morgan fingerprint density at radius 2 is 2.23 bits per heavy atom. The Labute approximate surface area is 76.9 Å². The summed E-state index contributed by atoms with van der Waals surface area (Å²) in [5.74, 6) is 0.219. The quantitative estimate of drug-likeness (QED) is 0.513. The molecule has 3 nitrogen and oxygen atoms in total. The summed E-state index contributed by atoms with van der Waals surface area (Å²) in [6.45, 7) is 1.69. The van der Waals surface area contributed by atoms with Crippen LogP contribution in [0, 0.1) is 12.7 Å². The highest BCUT2D eigenvalue weighted by molar-refractivity contribution is 5.59. The van der Waals surface area contributed by atoms with Gasteiger partial charge in [-0.25, -0.2) is 14.4 Å². The van der Waals surface area contributed by atoms with Crippen LogP contribution in [0.4, 0.5) is 10.2 Å². The van der Waals surface area contributed by atoms with E-state index in [4.69, 9.17) is 0 Å². The molecular formula is C9H12FN3. The van der Waals surface area contributed by atoms with Gasteiger partial charge in [0.05, 0.1) is 12.5 Å². The van der Waals surface area contributed by atoms with Gasteiger partial charge in [0.15, 0.2) is 5.82 Å². The topological polar surface area (TPSA) is 28.5 Å². The molecule has 0 radical (unpaired) electrons. The van der Waals surface area contributed by atoms with E-state index >= 15 is 0 Å². The zero-order valence-electron chi connectivity index (χ0n) is 7.95. The second-order valence-corrected chi connectivity index (χ2v) is 3.00. The minimum absolute atomic E-state index is 0.302. The lowest BCUT2D eigenvalue weighted by molar-refractivity contribution is 0.612. The van der Waals surface area contributed by atoms with Crippen LogP contribution in [0.5, 0.6) is 0 Å². The van der Waals surface area contributed by atoms with E-state index in [-0.39, 0.29) is 5.82 Å². The number of hydrogen-bond donors (Lipinski definition) is 0. The first-order valence-corrected chi connectivity index (χ1v) is 3.92. The normalized spacial score (nSPS) is 10.8. The Morgan fingerprint density at radius 1 is 1.54 bits per heavy atom. The van der Waals surface area contributed by atoms with Gasteiger partial charge in [0.1, 0.15) is 5.82 Å². The first kappa shape index (κ1) is 9.64. The lowest BCUT2D eigenvalue weighted by Crippen LogP contribution is -2.07. The molecule has 0 N–H and O–H groups in total. The van der Waals surface area contributed by atoms with Crippen molar-refractivity contribution in [2.24, 2.45) is 4.99 Å². The van der Waals surface area contributed by atoms with Gasteiger partial charge in [0.25, 0.3) is 0 Å². The molecule has 0 amide bonds. The maximum atomic E-state index is 12.8. The zero-order valence-corrected chi connectivity index (χ0v) is 7.95. The minimum Gasteiger partial charge on any atom is -0.369 e. The van der Waals surface area contributed by atoms with Crippen molar-refractivity contribution in [3.05, 3.63) is 23.6 Å². The highest BCUT2D eigenvalue weighted by Gasteiger charge is 1.97. The van der Waals surface area contributed by atoms with Crippen LogP contribution in [0.2, 0.25) is 0 Å². The fourth-order valence-corrected chi connectivity index (χ4v) is 0.770. The number of aryl methyl sites for hydroxylation is 1. The molecule has 0 aliphatic heterocycles. The molecular weight excluding hydrogens is 169 g/mol. The maximum Gasteiger partial charge on any atom is 0.153 e. The van der Waals surface area contributed by atoms with Gasteiger partial charge in [-0.15, -0.1) is 0 Å². The van der Waals surface area contributed by atoms with Gasteiger partial charge in [0.2, 0.25) is 0 Å². The number of nitrogens with zero attached hydrogens (tertiary/aromatic N) is 3. The van der Waals surface area contributed by atoms with Crippen LogP contribution in [-0.2, 0) is 0 Å². The monoisotopic (exact) mass is 181 g/mol. The molecule has 1 aromatic heterocycles. The largest absolute Gasteiger partial charge is 0.369 e. The van der Waals surface area contributed by atoms with Crippen molar-refractivity contribution < 1.29 is 4.39 Å². The number of pyridine rings is 1. The maximum absolute atomic E-state index is 12.8.